The van der Waals surface area contributed by atoms with Crippen molar-refractivity contribution in [2.24, 2.45) is 5.92 Å². The van der Waals surface area contributed by atoms with Crippen LogP contribution in [0.1, 0.15) is 26.3 Å². The zero-order valence-corrected chi connectivity index (χ0v) is 11.9. The molecule has 0 radical (unpaired) electrons. The second-order valence-electron chi connectivity index (χ2n) is 5.62. The number of hydrogen-bond donors (Lipinski definition) is 2. The van der Waals surface area contributed by atoms with Crippen LogP contribution in [0.4, 0.5) is 0 Å². The van der Waals surface area contributed by atoms with Gasteiger partial charge in [0.05, 0.1) is 12.1 Å². The fourth-order valence-corrected chi connectivity index (χ4v) is 2.07. The van der Waals surface area contributed by atoms with Crippen LogP contribution >= 0.6 is 0 Å². The highest BCUT2D eigenvalue weighted by Crippen LogP contribution is 2.34. The van der Waals surface area contributed by atoms with E-state index in [1.807, 2.05) is 25.1 Å². The largest absolute Gasteiger partial charge is 0.486 e. The third-order valence-electron chi connectivity index (χ3n) is 3.40. The van der Waals surface area contributed by atoms with E-state index in [0.717, 1.165) is 23.6 Å². The predicted molar refractivity (Wildman–Crippen MR) is 74.7 cm³/mol. The molecule has 2 rings (SSSR count). The number of benzene rings is 1. The molecule has 0 aliphatic carbocycles. The van der Waals surface area contributed by atoms with Crippen LogP contribution in [0, 0.1) is 5.92 Å². The highest BCUT2D eigenvalue weighted by atomic mass is 16.6. The van der Waals surface area contributed by atoms with Crippen LogP contribution in [0.2, 0.25) is 0 Å². The Morgan fingerprint density at radius 2 is 1.95 bits per heavy atom. The van der Waals surface area contributed by atoms with Gasteiger partial charge in [-0.2, -0.15) is 0 Å². The van der Waals surface area contributed by atoms with Gasteiger partial charge in [-0.15, -0.1) is 0 Å². The number of fused-ring (bicyclic) bond motifs is 1. The normalized spacial score (nSPS) is 17.3. The zero-order valence-electron chi connectivity index (χ0n) is 11.9. The second kappa shape index (κ2) is 5.80. The van der Waals surface area contributed by atoms with Crippen molar-refractivity contribution in [3.63, 3.8) is 0 Å². The molecule has 1 atom stereocenters. The first-order valence-corrected chi connectivity index (χ1v) is 6.81. The van der Waals surface area contributed by atoms with E-state index < -0.39 is 5.54 Å². The molecule has 106 valence electrons. The minimum absolute atomic E-state index is 0.0410. The zero-order chi connectivity index (χ0) is 13.9. The topological polar surface area (TPSA) is 50.7 Å². The van der Waals surface area contributed by atoms with Gasteiger partial charge in [-0.05, 0) is 37.1 Å². The van der Waals surface area contributed by atoms with E-state index >= 15 is 0 Å². The molecule has 1 aliphatic heterocycles. The molecular formula is C15H23NO3. The van der Waals surface area contributed by atoms with Gasteiger partial charge < -0.3 is 19.9 Å². The van der Waals surface area contributed by atoms with Crippen molar-refractivity contribution in [3.8, 4) is 11.5 Å². The Hall–Kier alpha value is -1.26. The Labute approximate surface area is 114 Å². The van der Waals surface area contributed by atoms with Crippen molar-refractivity contribution in [2.75, 3.05) is 26.4 Å². The highest BCUT2D eigenvalue weighted by Gasteiger charge is 2.27. The van der Waals surface area contributed by atoms with Gasteiger partial charge >= 0.3 is 0 Å². The van der Waals surface area contributed by atoms with Crippen LogP contribution in [0.15, 0.2) is 18.2 Å². The summed E-state index contributed by atoms with van der Waals surface area (Å²) in [7, 11) is 0. The van der Waals surface area contributed by atoms with Gasteiger partial charge in [-0.1, -0.05) is 19.9 Å². The minimum atomic E-state index is -0.458. The van der Waals surface area contributed by atoms with E-state index in [1.165, 1.54) is 0 Å². The molecule has 1 aromatic carbocycles. The van der Waals surface area contributed by atoms with E-state index in [4.69, 9.17) is 9.47 Å². The minimum Gasteiger partial charge on any atom is -0.486 e. The highest BCUT2D eigenvalue weighted by molar-refractivity contribution is 5.45. The van der Waals surface area contributed by atoms with Crippen LogP contribution in [-0.4, -0.2) is 31.5 Å². The summed E-state index contributed by atoms with van der Waals surface area (Å²) in [5.74, 6) is 2.07. The van der Waals surface area contributed by atoms with E-state index in [-0.39, 0.29) is 6.61 Å². The Morgan fingerprint density at radius 1 is 1.26 bits per heavy atom. The standard InChI is InChI=1S/C15H23NO3/c1-11(2)9-16-15(3,10-17)12-4-5-13-14(8-12)19-7-6-18-13/h4-5,8,11,16-17H,6-7,9-10H2,1-3H3. The summed E-state index contributed by atoms with van der Waals surface area (Å²) in [4.78, 5) is 0. The van der Waals surface area contributed by atoms with Gasteiger partial charge in [0.2, 0.25) is 0 Å². The summed E-state index contributed by atoms with van der Waals surface area (Å²) in [6.07, 6.45) is 0. The summed E-state index contributed by atoms with van der Waals surface area (Å²) in [5.41, 5.74) is 0.556. The molecule has 19 heavy (non-hydrogen) atoms. The van der Waals surface area contributed by atoms with Crippen LogP contribution < -0.4 is 14.8 Å². The summed E-state index contributed by atoms with van der Waals surface area (Å²) >= 11 is 0. The molecule has 0 saturated heterocycles. The Bertz CT molecular complexity index is 433. The van der Waals surface area contributed by atoms with Crippen LogP contribution in [0.5, 0.6) is 11.5 Å². The molecule has 1 unspecified atom stereocenters. The van der Waals surface area contributed by atoms with Crippen LogP contribution in [-0.2, 0) is 5.54 Å². The lowest BCUT2D eigenvalue weighted by Gasteiger charge is -2.31. The molecular weight excluding hydrogens is 242 g/mol. The quantitative estimate of drug-likeness (QED) is 0.854. The van der Waals surface area contributed by atoms with Gasteiger partial charge in [0.15, 0.2) is 11.5 Å². The van der Waals surface area contributed by atoms with Crippen LogP contribution in [0.25, 0.3) is 0 Å². The molecule has 4 heteroatoms. The molecule has 0 spiro atoms. The summed E-state index contributed by atoms with van der Waals surface area (Å²) in [6, 6.07) is 5.85. The molecule has 4 nitrogen and oxygen atoms in total. The predicted octanol–water partition coefficient (Wildman–Crippen LogP) is 1.91. The van der Waals surface area contributed by atoms with E-state index in [0.29, 0.717) is 19.1 Å². The van der Waals surface area contributed by atoms with Gasteiger partial charge in [-0.25, -0.2) is 0 Å². The average molecular weight is 265 g/mol. The third kappa shape index (κ3) is 3.19. The number of aliphatic hydroxyl groups is 1. The van der Waals surface area contributed by atoms with Crippen molar-refractivity contribution in [1.29, 1.82) is 0 Å². The van der Waals surface area contributed by atoms with Gasteiger partial charge in [0.25, 0.3) is 0 Å². The van der Waals surface area contributed by atoms with Gasteiger partial charge in [0, 0.05) is 0 Å². The summed E-state index contributed by atoms with van der Waals surface area (Å²) in [5, 5.41) is 13.1. The van der Waals surface area contributed by atoms with Gasteiger partial charge in [0.1, 0.15) is 13.2 Å². The summed E-state index contributed by atoms with van der Waals surface area (Å²) in [6.45, 7) is 8.36. The molecule has 0 amide bonds. The first-order chi connectivity index (χ1) is 9.05. The smallest absolute Gasteiger partial charge is 0.161 e. The molecule has 1 aromatic rings. The number of rotatable bonds is 5. The van der Waals surface area contributed by atoms with Crippen molar-refractivity contribution in [2.45, 2.75) is 26.3 Å². The molecule has 1 aliphatic rings. The molecule has 1 heterocycles. The fourth-order valence-electron chi connectivity index (χ4n) is 2.07. The molecule has 2 N–H and O–H groups in total. The van der Waals surface area contributed by atoms with E-state index in [2.05, 4.69) is 19.2 Å². The maximum Gasteiger partial charge on any atom is 0.161 e. The lowest BCUT2D eigenvalue weighted by atomic mass is 9.92. The Kier molecular flexibility index (Phi) is 4.32. The maximum atomic E-state index is 9.72. The number of aliphatic hydroxyl groups excluding tert-OH is 1. The van der Waals surface area contributed by atoms with E-state index in [1.54, 1.807) is 0 Å². The molecule has 0 bridgehead atoms. The monoisotopic (exact) mass is 265 g/mol. The van der Waals surface area contributed by atoms with Crippen molar-refractivity contribution < 1.29 is 14.6 Å². The van der Waals surface area contributed by atoms with Crippen LogP contribution in [0.3, 0.4) is 0 Å². The Morgan fingerprint density at radius 3 is 2.58 bits per heavy atom. The average Bonchev–Trinajstić information content (AvgIpc) is 2.44. The first-order valence-electron chi connectivity index (χ1n) is 6.81. The van der Waals surface area contributed by atoms with Crippen molar-refractivity contribution >= 4 is 0 Å². The van der Waals surface area contributed by atoms with Crippen molar-refractivity contribution in [1.82, 2.24) is 5.32 Å². The molecule has 0 aromatic heterocycles. The van der Waals surface area contributed by atoms with Gasteiger partial charge in [-0.3, -0.25) is 0 Å². The number of hydrogen-bond acceptors (Lipinski definition) is 4. The third-order valence-corrected chi connectivity index (χ3v) is 3.40. The molecule has 0 saturated carbocycles. The lowest BCUT2D eigenvalue weighted by molar-refractivity contribution is 0.162. The number of ether oxygens (including phenoxy) is 2. The molecule has 0 fully saturated rings. The fraction of sp³-hybridized carbons (Fsp3) is 0.600. The second-order valence-corrected chi connectivity index (χ2v) is 5.62. The van der Waals surface area contributed by atoms with Crippen molar-refractivity contribution in [3.05, 3.63) is 23.8 Å². The number of nitrogens with one attached hydrogen (secondary N) is 1. The first kappa shape index (κ1) is 14.2. The maximum absolute atomic E-state index is 9.72. The Balaban J connectivity index is 2.22. The SMILES string of the molecule is CC(C)CNC(C)(CO)c1ccc2c(c1)OCCO2. The summed E-state index contributed by atoms with van der Waals surface area (Å²) < 4.78 is 11.1. The van der Waals surface area contributed by atoms with E-state index in [9.17, 15) is 5.11 Å². The lowest BCUT2D eigenvalue weighted by Crippen LogP contribution is -2.44.